The van der Waals surface area contributed by atoms with Crippen LogP contribution in [0.3, 0.4) is 0 Å². The predicted octanol–water partition coefficient (Wildman–Crippen LogP) is 4.59. The Bertz CT molecular complexity index is 763. The standard InChI is InChI=1S/C19H27Cl2N5S.HI/c1-22-19(24-11-15-9-17(20)18(21)25(15)2)23-10-14-5-3-7-26(12-14)13-16-6-4-8-27-16;/h4,6,8-9,14H,3,5,7,10-13H2,1-2H3,(H2,22,23,24);1H. The summed E-state index contributed by atoms with van der Waals surface area (Å²) in [6.07, 6.45) is 2.51. The summed E-state index contributed by atoms with van der Waals surface area (Å²) < 4.78 is 1.88. The van der Waals surface area contributed by atoms with E-state index in [9.17, 15) is 0 Å². The zero-order valence-corrected chi connectivity index (χ0v) is 20.9. The van der Waals surface area contributed by atoms with Crippen LogP contribution in [0, 0.1) is 5.92 Å². The van der Waals surface area contributed by atoms with Crippen molar-refractivity contribution in [3.8, 4) is 0 Å². The molecule has 0 aliphatic carbocycles. The molecule has 0 bridgehead atoms. The highest BCUT2D eigenvalue weighted by Crippen LogP contribution is 2.25. The molecule has 1 atom stereocenters. The van der Waals surface area contributed by atoms with Crippen molar-refractivity contribution < 1.29 is 0 Å². The summed E-state index contributed by atoms with van der Waals surface area (Å²) in [5.74, 6) is 1.44. The first kappa shape index (κ1) is 23.8. The molecule has 0 radical (unpaired) electrons. The van der Waals surface area contributed by atoms with E-state index in [1.54, 1.807) is 7.05 Å². The Morgan fingerprint density at radius 2 is 2.18 bits per heavy atom. The molecule has 1 aliphatic heterocycles. The second-order valence-electron chi connectivity index (χ2n) is 6.96. The van der Waals surface area contributed by atoms with E-state index >= 15 is 0 Å². The van der Waals surface area contributed by atoms with Gasteiger partial charge in [0.25, 0.3) is 0 Å². The van der Waals surface area contributed by atoms with E-state index < -0.39 is 0 Å². The monoisotopic (exact) mass is 555 g/mol. The Kier molecular flexibility index (Phi) is 9.89. The maximum atomic E-state index is 6.13. The van der Waals surface area contributed by atoms with Crippen molar-refractivity contribution >= 4 is 64.5 Å². The molecule has 3 heterocycles. The molecule has 0 aromatic carbocycles. The highest BCUT2D eigenvalue weighted by atomic mass is 127. The maximum Gasteiger partial charge on any atom is 0.191 e. The number of thiophene rings is 1. The van der Waals surface area contributed by atoms with E-state index in [-0.39, 0.29) is 24.0 Å². The van der Waals surface area contributed by atoms with Crippen LogP contribution in [0.25, 0.3) is 0 Å². The summed E-state index contributed by atoms with van der Waals surface area (Å²) in [6.45, 7) is 4.94. The Morgan fingerprint density at radius 3 is 2.82 bits per heavy atom. The lowest BCUT2D eigenvalue weighted by molar-refractivity contribution is 0.169. The molecule has 3 rings (SSSR count). The molecule has 0 amide bonds. The first-order valence-corrected chi connectivity index (χ1v) is 10.9. The van der Waals surface area contributed by atoms with E-state index in [1.165, 1.54) is 24.3 Å². The van der Waals surface area contributed by atoms with E-state index in [0.717, 1.165) is 31.3 Å². The lowest BCUT2D eigenvalue weighted by atomic mass is 9.98. The molecule has 1 aliphatic rings. The molecule has 1 saturated heterocycles. The molecule has 1 unspecified atom stereocenters. The number of halogens is 3. The van der Waals surface area contributed by atoms with E-state index in [2.05, 4.69) is 38.0 Å². The maximum absolute atomic E-state index is 6.13. The third kappa shape index (κ3) is 6.52. The van der Waals surface area contributed by atoms with Crippen LogP contribution in [-0.4, -0.2) is 42.1 Å². The predicted molar refractivity (Wildman–Crippen MR) is 131 cm³/mol. The molecule has 1 fully saturated rings. The largest absolute Gasteiger partial charge is 0.356 e. The SMILES string of the molecule is CN=C(NCc1cc(Cl)c(Cl)n1C)NCC1CCCN(Cc2cccs2)C1.I. The number of hydrogen-bond acceptors (Lipinski definition) is 3. The lowest BCUT2D eigenvalue weighted by Crippen LogP contribution is -2.44. The van der Waals surface area contributed by atoms with Gasteiger partial charge in [-0.25, -0.2) is 0 Å². The molecule has 5 nitrogen and oxygen atoms in total. The fraction of sp³-hybridized carbons (Fsp3) is 0.526. The molecule has 9 heteroatoms. The molecular weight excluding hydrogens is 528 g/mol. The third-order valence-electron chi connectivity index (χ3n) is 5.00. The normalized spacial score (nSPS) is 18.0. The van der Waals surface area contributed by atoms with Gasteiger partial charge in [0.1, 0.15) is 5.15 Å². The van der Waals surface area contributed by atoms with Crippen molar-refractivity contribution in [3.05, 3.63) is 44.3 Å². The number of hydrogen-bond donors (Lipinski definition) is 2. The molecule has 156 valence electrons. The number of rotatable bonds is 6. The second-order valence-corrected chi connectivity index (χ2v) is 8.76. The number of aromatic nitrogens is 1. The van der Waals surface area contributed by atoms with Gasteiger partial charge < -0.3 is 15.2 Å². The van der Waals surface area contributed by atoms with Gasteiger partial charge in [-0.05, 0) is 42.8 Å². The minimum absolute atomic E-state index is 0. The van der Waals surface area contributed by atoms with Crippen LogP contribution < -0.4 is 10.6 Å². The molecule has 2 aromatic heterocycles. The highest BCUT2D eigenvalue weighted by molar-refractivity contribution is 14.0. The van der Waals surface area contributed by atoms with Gasteiger partial charge in [0, 0.05) is 44.3 Å². The van der Waals surface area contributed by atoms with Gasteiger partial charge in [-0.15, -0.1) is 35.3 Å². The van der Waals surface area contributed by atoms with Gasteiger partial charge in [0.05, 0.1) is 11.6 Å². The summed E-state index contributed by atoms with van der Waals surface area (Å²) >= 11 is 14.0. The van der Waals surface area contributed by atoms with Gasteiger partial charge in [0.2, 0.25) is 0 Å². The third-order valence-corrected chi connectivity index (χ3v) is 6.70. The van der Waals surface area contributed by atoms with Crippen LogP contribution in [0.5, 0.6) is 0 Å². The molecular formula is C19H28Cl2IN5S. The van der Waals surface area contributed by atoms with Crippen molar-refractivity contribution in [2.75, 3.05) is 26.7 Å². The van der Waals surface area contributed by atoms with Crippen LogP contribution in [-0.2, 0) is 20.1 Å². The summed E-state index contributed by atoms with van der Waals surface area (Å²) in [6, 6.07) is 6.24. The van der Waals surface area contributed by atoms with E-state index in [4.69, 9.17) is 23.2 Å². The van der Waals surface area contributed by atoms with Gasteiger partial charge in [-0.3, -0.25) is 9.89 Å². The van der Waals surface area contributed by atoms with Crippen LogP contribution in [0.2, 0.25) is 10.2 Å². The summed E-state index contributed by atoms with van der Waals surface area (Å²) in [7, 11) is 3.70. The van der Waals surface area contributed by atoms with Gasteiger partial charge in [-0.1, -0.05) is 29.3 Å². The molecule has 28 heavy (non-hydrogen) atoms. The quantitative estimate of drug-likeness (QED) is 0.311. The van der Waals surface area contributed by atoms with Gasteiger partial charge in [-0.2, -0.15) is 0 Å². The zero-order chi connectivity index (χ0) is 19.2. The summed E-state index contributed by atoms with van der Waals surface area (Å²) in [5.41, 5.74) is 1.02. The number of nitrogens with one attached hydrogen (secondary N) is 2. The Balaban J connectivity index is 0.00000280. The van der Waals surface area contributed by atoms with Crippen molar-refractivity contribution in [1.82, 2.24) is 20.1 Å². The summed E-state index contributed by atoms with van der Waals surface area (Å²) in [5, 5.41) is 10.1. The van der Waals surface area contributed by atoms with Gasteiger partial charge in [0.15, 0.2) is 5.96 Å². The van der Waals surface area contributed by atoms with Crippen molar-refractivity contribution in [1.29, 1.82) is 0 Å². The number of piperidine rings is 1. The highest BCUT2D eigenvalue weighted by Gasteiger charge is 2.20. The first-order valence-electron chi connectivity index (χ1n) is 9.25. The second kappa shape index (κ2) is 11.6. The van der Waals surface area contributed by atoms with Crippen molar-refractivity contribution in [2.45, 2.75) is 25.9 Å². The number of guanidine groups is 1. The Hall–Kier alpha value is -0.480. The van der Waals surface area contributed by atoms with Crippen LogP contribution in [0.1, 0.15) is 23.4 Å². The smallest absolute Gasteiger partial charge is 0.191 e. The van der Waals surface area contributed by atoms with Gasteiger partial charge >= 0.3 is 0 Å². The minimum Gasteiger partial charge on any atom is -0.356 e. The number of likely N-dealkylation sites (tertiary alicyclic amines) is 1. The van der Waals surface area contributed by atoms with Crippen LogP contribution >= 0.6 is 58.5 Å². The first-order chi connectivity index (χ1) is 13.1. The molecule has 2 N–H and O–H groups in total. The van der Waals surface area contributed by atoms with E-state index in [0.29, 0.717) is 22.6 Å². The average molecular weight is 556 g/mol. The van der Waals surface area contributed by atoms with E-state index in [1.807, 2.05) is 29.0 Å². The fourth-order valence-corrected chi connectivity index (χ4v) is 4.64. The number of nitrogens with zero attached hydrogens (tertiary/aromatic N) is 3. The molecule has 0 saturated carbocycles. The number of aliphatic imine (C=N–C) groups is 1. The van der Waals surface area contributed by atoms with Crippen LogP contribution in [0.15, 0.2) is 28.6 Å². The van der Waals surface area contributed by atoms with Crippen molar-refractivity contribution in [2.24, 2.45) is 18.0 Å². The molecule has 2 aromatic rings. The zero-order valence-electron chi connectivity index (χ0n) is 16.3. The summed E-state index contributed by atoms with van der Waals surface area (Å²) in [4.78, 5) is 8.34. The Morgan fingerprint density at radius 1 is 1.36 bits per heavy atom. The van der Waals surface area contributed by atoms with Crippen molar-refractivity contribution in [3.63, 3.8) is 0 Å². The average Bonchev–Trinajstić information content (AvgIpc) is 3.26. The topological polar surface area (TPSA) is 44.6 Å². The Labute approximate surface area is 198 Å². The lowest BCUT2D eigenvalue weighted by Gasteiger charge is -2.32. The minimum atomic E-state index is 0. The molecule has 0 spiro atoms. The fourth-order valence-electron chi connectivity index (χ4n) is 3.48. The van der Waals surface area contributed by atoms with Crippen LogP contribution in [0.4, 0.5) is 0 Å².